The lowest BCUT2D eigenvalue weighted by atomic mass is 10.1. The van der Waals surface area contributed by atoms with Crippen molar-refractivity contribution in [2.45, 2.75) is 39.0 Å². The van der Waals surface area contributed by atoms with Gasteiger partial charge < -0.3 is 15.0 Å². The van der Waals surface area contributed by atoms with Gasteiger partial charge in [0.25, 0.3) is 0 Å². The van der Waals surface area contributed by atoms with Crippen LogP contribution >= 0.6 is 15.9 Å². The van der Waals surface area contributed by atoms with Gasteiger partial charge >= 0.3 is 6.09 Å². The molecule has 1 amide bonds. The average Bonchev–Trinajstić information content (AvgIpc) is 2.24. The van der Waals surface area contributed by atoms with Crippen molar-refractivity contribution in [1.82, 2.24) is 15.2 Å². The lowest BCUT2D eigenvalue weighted by Gasteiger charge is -2.40. The molecule has 20 heavy (non-hydrogen) atoms. The van der Waals surface area contributed by atoms with Crippen LogP contribution < -0.4 is 5.32 Å². The van der Waals surface area contributed by atoms with Gasteiger partial charge in [-0.25, -0.2) is 4.79 Å². The zero-order chi connectivity index (χ0) is 14.8. The van der Waals surface area contributed by atoms with Gasteiger partial charge in [0.2, 0.25) is 0 Å². The van der Waals surface area contributed by atoms with E-state index in [1.165, 1.54) is 0 Å². The van der Waals surface area contributed by atoms with Gasteiger partial charge in [0, 0.05) is 42.5 Å². The summed E-state index contributed by atoms with van der Waals surface area (Å²) in [6.45, 7) is 7.76. The summed E-state index contributed by atoms with van der Waals surface area (Å²) in [6.07, 6.45) is 3.36. The van der Waals surface area contributed by atoms with E-state index in [1.807, 2.05) is 33.0 Å². The Morgan fingerprint density at radius 1 is 1.50 bits per heavy atom. The predicted molar refractivity (Wildman–Crippen MR) is 80.4 cm³/mol. The Balaban J connectivity index is 1.71. The average molecular weight is 342 g/mol. The van der Waals surface area contributed by atoms with Crippen LogP contribution in [-0.2, 0) is 11.3 Å². The summed E-state index contributed by atoms with van der Waals surface area (Å²) in [5.74, 6) is 0. The number of amides is 1. The summed E-state index contributed by atoms with van der Waals surface area (Å²) in [6, 6.07) is 2.35. The fraction of sp³-hybridized carbons (Fsp3) is 0.571. The zero-order valence-corrected chi connectivity index (χ0v) is 13.6. The van der Waals surface area contributed by atoms with Crippen molar-refractivity contribution in [3.63, 3.8) is 0 Å². The first-order valence-electron chi connectivity index (χ1n) is 6.64. The number of halogens is 1. The number of nitrogens with one attached hydrogen (secondary N) is 1. The molecule has 0 atom stereocenters. The summed E-state index contributed by atoms with van der Waals surface area (Å²) >= 11 is 3.40. The van der Waals surface area contributed by atoms with Crippen molar-refractivity contribution in [2.24, 2.45) is 0 Å². The van der Waals surface area contributed by atoms with Crippen molar-refractivity contribution < 1.29 is 9.53 Å². The van der Waals surface area contributed by atoms with Crippen LogP contribution in [0.3, 0.4) is 0 Å². The van der Waals surface area contributed by atoms with Crippen molar-refractivity contribution in [3.8, 4) is 0 Å². The minimum absolute atomic E-state index is 0.236. The molecule has 2 rings (SSSR count). The SMILES string of the molecule is CC(C)(C)OC(=O)N1CC(NCc2cncc(Br)c2)C1. The number of hydrogen-bond donors (Lipinski definition) is 1. The third kappa shape index (κ3) is 4.45. The van der Waals surface area contributed by atoms with Crippen LogP contribution in [0.25, 0.3) is 0 Å². The summed E-state index contributed by atoms with van der Waals surface area (Å²) in [4.78, 5) is 17.6. The Morgan fingerprint density at radius 3 is 2.80 bits per heavy atom. The van der Waals surface area contributed by atoms with Crippen LogP contribution in [0.2, 0.25) is 0 Å². The molecule has 1 aliphatic heterocycles. The van der Waals surface area contributed by atoms with Crippen LogP contribution in [0.1, 0.15) is 26.3 Å². The first-order valence-corrected chi connectivity index (χ1v) is 7.43. The normalized spacial score (nSPS) is 15.9. The molecule has 110 valence electrons. The zero-order valence-electron chi connectivity index (χ0n) is 12.0. The first-order chi connectivity index (χ1) is 9.33. The van der Waals surface area contributed by atoms with Crippen molar-refractivity contribution >= 4 is 22.0 Å². The topological polar surface area (TPSA) is 54.5 Å². The first kappa shape index (κ1) is 15.3. The molecule has 0 aliphatic carbocycles. The van der Waals surface area contributed by atoms with E-state index in [0.717, 1.165) is 16.6 Å². The number of pyridine rings is 1. The molecule has 0 spiro atoms. The monoisotopic (exact) mass is 341 g/mol. The molecule has 5 nitrogen and oxygen atoms in total. The molecule has 0 aromatic carbocycles. The lowest BCUT2D eigenvalue weighted by molar-refractivity contribution is 0.00518. The van der Waals surface area contributed by atoms with Crippen LogP contribution in [0.4, 0.5) is 4.79 Å². The molecule has 6 heteroatoms. The van der Waals surface area contributed by atoms with E-state index in [1.54, 1.807) is 11.1 Å². The van der Waals surface area contributed by atoms with Crippen LogP contribution in [0.15, 0.2) is 22.9 Å². The molecule has 1 fully saturated rings. The van der Waals surface area contributed by atoms with Gasteiger partial charge in [0.15, 0.2) is 0 Å². The number of hydrogen-bond acceptors (Lipinski definition) is 4. The van der Waals surface area contributed by atoms with Gasteiger partial charge in [0.05, 0.1) is 0 Å². The molecule has 0 radical (unpaired) electrons. The van der Waals surface area contributed by atoms with Gasteiger partial charge in [-0.2, -0.15) is 0 Å². The van der Waals surface area contributed by atoms with E-state index in [4.69, 9.17) is 4.74 Å². The minimum atomic E-state index is -0.433. The number of likely N-dealkylation sites (tertiary alicyclic amines) is 1. The third-order valence-corrected chi connectivity index (χ3v) is 3.32. The fourth-order valence-corrected chi connectivity index (χ4v) is 2.31. The maximum Gasteiger partial charge on any atom is 0.410 e. The molecule has 2 heterocycles. The van der Waals surface area contributed by atoms with E-state index in [0.29, 0.717) is 19.1 Å². The Morgan fingerprint density at radius 2 is 2.20 bits per heavy atom. The predicted octanol–water partition coefficient (Wildman–Crippen LogP) is 2.55. The van der Waals surface area contributed by atoms with Crippen LogP contribution in [0.5, 0.6) is 0 Å². The summed E-state index contributed by atoms with van der Waals surface area (Å²) < 4.78 is 6.28. The number of carbonyl (C=O) groups excluding carboxylic acids is 1. The summed E-state index contributed by atoms with van der Waals surface area (Å²) in [5.41, 5.74) is 0.688. The number of carbonyl (C=O) groups is 1. The van der Waals surface area contributed by atoms with E-state index < -0.39 is 5.60 Å². The summed E-state index contributed by atoms with van der Waals surface area (Å²) in [5, 5.41) is 3.40. The van der Waals surface area contributed by atoms with E-state index in [-0.39, 0.29) is 6.09 Å². The van der Waals surface area contributed by atoms with Gasteiger partial charge in [0.1, 0.15) is 5.60 Å². The van der Waals surface area contributed by atoms with Gasteiger partial charge in [-0.3, -0.25) is 4.98 Å². The molecule has 0 bridgehead atoms. The Bertz CT molecular complexity index is 482. The second-order valence-electron chi connectivity index (χ2n) is 5.97. The van der Waals surface area contributed by atoms with E-state index >= 15 is 0 Å². The molecule has 1 aromatic heterocycles. The maximum absolute atomic E-state index is 11.8. The van der Waals surface area contributed by atoms with E-state index in [9.17, 15) is 4.79 Å². The quantitative estimate of drug-likeness (QED) is 0.917. The maximum atomic E-state index is 11.8. The molecule has 1 aliphatic rings. The lowest BCUT2D eigenvalue weighted by Crippen LogP contribution is -2.60. The molecule has 0 unspecified atom stereocenters. The highest BCUT2D eigenvalue weighted by Crippen LogP contribution is 2.16. The molecular weight excluding hydrogens is 322 g/mol. The highest BCUT2D eigenvalue weighted by molar-refractivity contribution is 9.10. The van der Waals surface area contributed by atoms with Crippen LogP contribution in [0, 0.1) is 0 Å². The van der Waals surface area contributed by atoms with Gasteiger partial charge in [-0.15, -0.1) is 0 Å². The summed E-state index contributed by atoms with van der Waals surface area (Å²) in [7, 11) is 0. The van der Waals surface area contributed by atoms with Crippen molar-refractivity contribution in [1.29, 1.82) is 0 Å². The Kier molecular flexibility index (Phi) is 4.65. The molecule has 1 saturated heterocycles. The smallest absolute Gasteiger partial charge is 0.410 e. The third-order valence-electron chi connectivity index (χ3n) is 2.89. The van der Waals surface area contributed by atoms with Gasteiger partial charge in [-0.05, 0) is 48.3 Å². The largest absolute Gasteiger partial charge is 0.444 e. The minimum Gasteiger partial charge on any atom is -0.444 e. The molecule has 1 aromatic rings. The van der Waals surface area contributed by atoms with Crippen molar-refractivity contribution in [3.05, 3.63) is 28.5 Å². The van der Waals surface area contributed by atoms with Crippen LogP contribution in [-0.4, -0.2) is 40.7 Å². The second-order valence-corrected chi connectivity index (χ2v) is 6.89. The molecule has 0 saturated carbocycles. The fourth-order valence-electron chi connectivity index (χ4n) is 1.90. The van der Waals surface area contributed by atoms with E-state index in [2.05, 4.69) is 26.2 Å². The highest BCUT2D eigenvalue weighted by Gasteiger charge is 2.33. The highest BCUT2D eigenvalue weighted by atomic mass is 79.9. The number of rotatable bonds is 3. The van der Waals surface area contributed by atoms with Gasteiger partial charge in [-0.1, -0.05) is 0 Å². The molecular formula is C14H20BrN3O2. The molecule has 1 N–H and O–H groups in total. The standard InChI is InChI=1S/C14H20BrN3O2/c1-14(2,3)20-13(19)18-8-12(9-18)17-6-10-4-11(15)7-16-5-10/h4-5,7,12,17H,6,8-9H2,1-3H3. The second kappa shape index (κ2) is 6.10. The number of aromatic nitrogens is 1. The Labute approximate surface area is 127 Å². The number of nitrogens with zero attached hydrogens (tertiary/aromatic N) is 2. The number of ether oxygens (including phenoxy) is 1. The Hall–Kier alpha value is -1.14. The van der Waals surface area contributed by atoms with Crippen molar-refractivity contribution in [2.75, 3.05) is 13.1 Å².